The van der Waals surface area contributed by atoms with Crippen LogP contribution in [0.4, 0.5) is 0 Å². The van der Waals surface area contributed by atoms with Crippen molar-refractivity contribution in [1.82, 2.24) is 30.0 Å². The highest BCUT2D eigenvalue weighted by Gasteiger charge is 2.17. The standard InChI is InChI=1S/C13H14BrN3O2.C8H10O.C4H4BrN3O2/c1-9(10-6-4-3-5-7-10)19-12(18)8-11-13(14)15-16-17(11)2;1-7(9)8-5-3-2-4-6-8;1-8-2(4(9)10)3(5)6-7-8/h3-7,9H,8H2,1-2H3;2-7,9H,1H3;1H3,(H,9,10)/p+1/t9-;7-;/m11./s1. The van der Waals surface area contributed by atoms with Crippen LogP contribution in [0.3, 0.4) is 0 Å². The molecule has 38 heavy (non-hydrogen) atoms. The summed E-state index contributed by atoms with van der Waals surface area (Å²) in [6, 6.07) is 19.4. The van der Waals surface area contributed by atoms with E-state index in [1.165, 1.54) is 11.7 Å². The van der Waals surface area contributed by atoms with Gasteiger partial charge in [0.2, 0.25) is 0 Å². The predicted octanol–water partition coefficient (Wildman–Crippen LogP) is 4.17. The van der Waals surface area contributed by atoms with E-state index >= 15 is 0 Å². The van der Waals surface area contributed by atoms with Crippen molar-refractivity contribution in [2.75, 3.05) is 0 Å². The third-order valence-corrected chi connectivity index (χ3v) is 6.22. The van der Waals surface area contributed by atoms with E-state index < -0.39 is 5.97 Å². The molecule has 2 atom stereocenters. The number of esters is 1. The minimum Gasteiger partial charge on any atom is -0.476 e. The average molecular weight is 653 g/mol. The zero-order valence-electron chi connectivity index (χ0n) is 21.2. The van der Waals surface area contributed by atoms with Crippen LogP contribution in [0.5, 0.6) is 0 Å². The van der Waals surface area contributed by atoms with Crippen LogP contribution in [-0.2, 0) is 30.0 Å². The van der Waals surface area contributed by atoms with Gasteiger partial charge >= 0.3 is 11.9 Å². The van der Waals surface area contributed by atoms with E-state index in [-0.39, 0.29) is 34.9 Å². The summed E-state index contributed by atoms with van der Waals surface area (Å²) in [5, 5.41) is 30.4. The number of nitrogens with zero attached hydrogens (tertiary/aromatic N) is 6. The van der Waals surface area contributed by atoms with Gasteiger partial charge in [-0.25, -0.2) is 9.48 Å². The number of carboxylic acids is 1. The number of hydrogen-bond donors (Lipinski definition) is 1. The van der Waals surface area contributed by atoms with Crippen LogP contribution in [0.15, 0.2) is 69.9 Å². The minimum atomic E-state index is -1.04. The fraction of sp³-hybridized carbons (Fsp3) is 0.280. The summed E-state index contributed by atoms with van der Waals surface area (Å²) >= 11 is 6.20. The van der Waals surface area contributed by atoms with Crippen molar-refractivity contribution >= 4 is 43.8 Å². The molecule has 0 unspecified atom stereocenters. The molecular formula is C25H29Br2N6O5+. The van der Waals surface area contributed by atoms with E-state index in [0.29, 0.717) is 10.3 Å². The van der Waals surface area contributed by atoms with Crippen molar-refractivity contribution in [3.8, 4) is 0 Å². The summed E-state index contributed by atoms with van der Waals surface area (Å²) in [5.41, 5.74) is 2.81. The number of aromatic carboxylic acids is 1. The quantitative estimate of drug-likeness (QED) is 0.241. The topological polar surface area (TPSA) is 148 Å². The van der Waals surface area contributed by atoms with Gasteiger partial charge in [-0.2, -0.15) is 0 Å². The van der Waals surface area contributed by atoms with E-state index in [9.17, 15) is 9.59 Å². The molecule has 0 aliphatic heterocycles. The van der Waals surface area contributed by atoms with E-state index in [1.807, 2.05) is 74.5 Å². The second-order valence-corrected chi connectivity index (χ2v) is 9.46. The molecule has 2 heterocycles. The lowest BCUT2D eigenvalue weighted by molar-refractivity contribution is -0.147. The first-order chi connectivity index (χ1) is 18.0. The van der Waals surface area contributed by atoms with E-state index in [0.717, 1.165) is 11.1 Å². The number of rotatable bonds is 6. The largest absolute Gasteiger partial charge is 0.476 e. The maximum atomic E-state index is 11.9. The lowest BCUT2D eigenvalue weighted by Gasteiger charge is -2.13. The third kappa shape index (κ3) is 9.47. The Kier molecular flexibility index (Phi) is 12.2. The molecule has 2 aromatic carbocycles. The van der Waals surface area contributed by atoms with Crippen LogP contribution < -0.4 is 0 Å². The van der Waals surface area contributed by atoms with Gasteiger partial charge in [0, 0.05) is 26.6 Å². The lowest BCUT2D eigenvalue weighted by atomic mass is 10.1. The maximum absolute atomic E-state index is 11.9. The number of benzene rings is 2. The molecule has 0 aliphatic rings. The highest BCUT2D eigenvalue weighted by Crippen LogP contribution is 2.18. The van der Waals surface area contributed by atoms with Gasteiger partial charge in [0.1, 0.15) is 6.10 Å². The van der Waals surface area contributed by atoms with Crippen molar-refractivity contribution < 1.29 is 24.5 Å². The molecule has 4 aromatic rings. The molecular weight excluding hydrogens is 624 g/mol. The Bertz CT molecular complexity index is 1270. The van der Waals surface area contributed by atoms with Gasteiger partial charge in [0.05, 0.1) is 12.1 Å². The van der Waals surface area contributed by atoms with E-state index in [2.05, 4.69) is 52.5 Å². The van der Waals surface area contributed by atoms with Gasteiger partial charge in [-0.3, -0.25) is 9.48 Å². The van der Waals surface area contributed by atoms with Crippen molar-refractivity contribution in [3.63, 3.8) is 0 Å². The van der Waals surface area contributed by atoms with Gasteiger partial charge < -0.3 is 14.9 Å². The van der Waals surface area contributed by atoms with Crippen LogP contribution in [0.1, 0.15) is 53.4 Å². The average Bonchev–Trinajstić information content (AvgIpc) is 3.40. The molecule has 0 fully saturated rings. The molecule has 3 N–H and O–H groups in total. The number of halogens is 2. The zero-order valence-corrected chi connectivity index (χ0v) is 24.4. The Balaban J connectivity index is 0.000000224. The number of hydrogen-bond acceptors (Lipinski definition) is 7. The Morgan fingerprint density at radius 2 is 1.39 bits per heavy atom. The highest BCUT2D eigenvalue weighted by atomic mass is 79.9. The molecule has 11 nitrogen and oxygen atoms in total. The van der Waals surface area contributed by atoms with Crippen molar-refractivity contribution in [3.05, 3.63) is 92.4 Å². The summed E-state index contributed by atoms with van der Waals surface area (Å²) in [5.74, 6) is -1.35. The Morgan fingerprint density at radius 1 is 0.895 bits per heavy atom. The van der Waals surface area contributed by atoms with Gasteiger partial charge in [0.15, 0.2) is 21.0 Å². The van der Waals surface area contributed by atoms with Crippen molar-refractivity contribution in [2.24, 2.45) is 14.1 Å². The van der Waals surface area contributed by atoms with Crippen LogP contribution in [-0.4, -0.2) is 52.1 Å². The first-order valence-electron chi connectivity index (χ1n) is 11.3. The van der Waals surface area contributed by atoms with E-state index in [4.69, 9.17) is 14.9 Å². The number of carbonyl (C=O) groups is 2. The molecule has 0 saturated heterocycles. The van der Waals surface area contributed by atoms with Gasteiger partial charge in [0.25, 0.3) is 0 Å². The number of ether oxygens (including phenoxy) is 1. The van der Waals surface area contributed by atoms with Gasteiger partial charge in [-0.05, 0) is 44.3 Å². The first-order valence-corrected chi connectivity index (χ1v) is 12.9. The SMILES string of the molecule is C[C@@H](OC(=O)Cc1c(Br)nnn1C)c1ccccc1.C[C@@H]([OH2+])c1ccccc1.Cn1nnc(Br)c1C(=O)O. The van der Waals surface area contributed by atoms with Gasteiger partial charge in [-0.1, -0.05) is 71.1 Å². The van der Waals surface area contributed by atoms with Crippen LogP contribution in [0.2, 0.25) is 0 Å². The number of carboxylic acid groups (broad SMARTS) is 1. The lowest BCUT2D eigenvalue weighted by Crippen LogP contribution is -2.13. The molecule has 2 aromatic heterocycles. The predicted molar refractivity (Wildman–Crippen MR) is 147 cm³/mol. The first kappa shape index (κ1) is 30.8. The molecule has 202 valence electrons. The second-order valence-electron chi connectivity index (χ2n) is 7.96. The third-order valence-electron chi connectivity index (χ3n) is 5.07. The fourth-order valence-electron chi connectivity index (χ4n) is 3.01. The summed E-state index contributed by atoms with van der Waals surface area (Å²) in [6.45, 7) is 3.72. The molecule has 0 bridgehead atoms. The molecule has 0 radical (unpaired) electrons. The highest BCUT2D eigenvalue weighted by molar-refractivity contribution is 9.10. The maximum Gasteiger partial charge on any atom is 0.357 e. The van der Waals surface area contributed by atoms with Crippen LogP contribution in [0, 0.1) is 0 Å². The smallest absolute Gasteiger partial charge is 0.357 e. The molecule has 4 rings (SSSR count). The summed E-state index contributed by atoms with van der Waals surface area (Å²) in [4.78, 5) is 22.3. The van der Waals surface area contributed by atoms with Crippen LogP contribution >= 0.6 is 31.9 Å². The Hall–Kier alpha value is -3.42. The summed E-state index contributed by atoms with van der Waals surface area (Å²) in [7, 11) is 3.25. The molecule has 0 saturated carbocycles. The van der Waals surface area contributed by atoms with Crippen LogP contribution in [0.25, 0.3) is 0 Å². The molecule has 0 spiro atoms. The van der Waals surface area contributed by atoms with Gasteiger partial charge in [-0.15, -0.1) is 10.2 Å². The molecule has 0 aliphatic carbocycles. The Labute approximate surface area is 236 Å². The Morgan fingerprint density at radius 3 is 1.76 bits per heavy atom. The molecule has 0 amide bonds. The monoisotopic (exact) mass is 651 g/mol. The number of aryl methyl sites for hydroxylation is 2. The fourth-order valence-corrected chi connectivity index (χ4v) is 3.97. The number of carbonyl (C=O) groups excluding carboxylic acids is 1. The van der Waals surface area contributed by atoms with Crippen molar-refractivity contribution in [2.45, 2.75) is 32.5 Å². The van der Waals surface area contributed by atoms with E-state index in [1.54, 1.807) is 11.7 Å². The normalized spacial score (nSPS) is 11.8. The zero-order chi connectivity index (χ0) is 28.2. The minimum absolute atomic E-state index is 0.0556. The second kappa shape index (κ2) is 15.1. The number of aromatic nitrogens is 6. The van der Waals surface area contributed by atoms with Crippen molar-refractivity contribution in [1.29, 1.82) is 0 Å². The molecule has 13 heteroatoms. The summed E-state index contributed by atoms with van der Waals surface area (Å²) in [6.07, 6.45) is -0.221. The summed E-state index contributed by atoms with van der Waals surface area (Å²) < 4.78 is 8.95.